The normalized spacial score (nSPS) is 22.6. The molecule has 2 aromatic carbocycles. The van der Waals surface area contributed by atoms with Gasteiger partial charge in [-0.3, -0.25) is 19.7 Å². The number of hydrogen-bond acceptors (Lipinski definition) is 8. The Bertz CT molecular complexity index is 1290. The van der Waals surface area contributed by atoms with E-state index >= 15 is 0 Å². The molecule has 0 aliphatic carbocycles. The van der Waals surface area contributed by atoms with E-state index in [1.165, 1.54) is 6.07 Å². The van der Waals surface area contributed by atoms with Crippen LogP contribution in [-0.4, -0.2) is 67.1 Å². The first kappa shape index (κ1) is 25.5. The van der Waals surface area contributed by atoms with E-state index in [4.69, 9.17) is 4.74 Å². The molecule has 2 saturated heterocycles. The van der Waals surface area contributed by atoms with E-state index < -0.39 is 10.8 Å². The van der Waals surface area contributed by atoms with Crippen molar-refractivity contribution < 1.29 is 19.2 Å². The highest BCUT2D eigenvalue weighted by Gasteiger charge is 2.44. The maximum absolute atomic E-state index is 14.1. The Morgan fingerprint density at radius 1 is 1.13 bits per heavy atom. The zero-order valence-corrected chi connectivity index (χ0v) is 21.4. The molecule has 1 amide bonds. The molecule has 0 unspecified atom stereocenters. The Hall–Kier alpha value is -4.13. The summed E-state index contributed by atoms with van der Waals surface area (Å²) in [6.07, 6.45) is 1.79. The Balaban J connectivity index is 1.47. The lowest BCUT2D eigenvalue weighted by molar-refractivity contribution is -0.384. The molecule has 198 valence electrons. The number of piperidine rings is 1. The molecule has 0 spiro atoms. The summed E-state index contributed by atoms with van der Waals surface area (Å²) in [5, 5.41) is 21.1. The van der Waals surface area contributed by atoms with Crippen LogP contribution in [0.3, 0.4) is 0 Å². The number of amides is 1. The summed E-state index contributed by atoms with van der Waals surface area (Å²) >= 11 is 0. The third kappa shape index (κ3) is 4.76. The average Bonchev–Trinajstić information content (AvgIpc) is 2.95. The predicted octanol–water partition coefficient (Wildman–Crippen LogP) is 3.14. The molecule has 5 rings (SSSR count). The van der Waals surface area contributed by atoms with Crippen LogP contribution in [0.5, 0.6) is 0 Å². The molecule has 3 atom stereocenters. The molecule has 10 heteroatoms. The number of piperazine rings is 1. The van der Waals surface area contributed by atoms with Crippen LogP contribution in [-0.2, 0) is 20.7 Å². The fourth-order valence-electron chi connectivity index (χ4n) is 6.13. The van der Waals surface area contributed by atoms with Gasteiger partial charge in [-0.15, -0.1) is 0 Å². The number of esters is 1. The van der Waals surface area contributed by atoms with Gasteiger partial charge in [0.05, 0.1) is 40.7 Å². The number of benzene rings is 2. The predicted molar refractivity (Wildman–Crippen MR) is 141 cm³/mol. The van der Waals surface area contributed by atoms with Crippen molar-refractivity contribution in [2.45, 2.75) is 32.2 Å². The van der Waals surface area contributed by atoms with Crippen molar-refractivity contribution >= 4 is 28.9 Å². The number of nitro benzene ring substituents is 1. The van der Waals surface area contributed by atoms with Gasteiger partial charge in [-0.25, -0.2) is 0 Å². The molecule has 0 N–H and O–H groups in total. The fourth-order valence-corrected chi connectivity index (χ4v) is 6.13. The number of rotatable bonds is 5. The van der Waals surface area contributed by atoms with Gasteiger partial charge in [0.15, 0.2) is 0 Å². The van der Waals surface area contributed by atoms with Crippen molar-refractivity contribution in [3.05, 3.63) is 63.7 Å². The minimum absolute atomic E-state index is 0.00956. The van der Waals surface area contributed by atoms with Gasteiger partial charge in [0.1, 0.15) is 6.07 Å². The molecule has 0 radical (unpaired) electrons. The van der Waals surface area contributed by atoms with Gasteiger partial charge in [0.25, 0.3) is 5.69 Å². The molecule has 3 heterocycles. The molecular weight excluding hydrogens is 486 g/mol. The van der Waals surface area contributed by atoms with Crippen molar-refractivity contribution in [3.8, 4) is 6.07 Å². The molecular formula is C28H31N5O5. The highest BCUT2D eigenvalue weighted by molar-refractivity contribution is 5.84. The second-order valence-corrected chi connectivity index (χ2v) is 10.1. The summed E-state index contributed by atoms with van der Waals surface area (Å²) in [5.74, 6) is -1.09. The number of hydrogen-bond donors (Lipinski definition) is 0. The zero-order chi connectivity index (χ0) is 26.8. The van der Waals surface area contributed by atoms with Crippen molar-refractivity contribution in [2.24, 2.45) is 11.8 Å². The molecule has 0 bridgehead atoms. The number of carbonyl (C=O) groups is 2. The van der Waals surface area contributed by atoms with Crippen LogP contribution in [0.2, 0.25) is 0 Å². The van der Waals surface area contributed by atoms with Gasteiger partial charge < -0.3 is 19.4 Å². The number of non-ortho nitro benzene ring substituents is 1. The van der Waals surface area contributed by atoms with Gasteiger partial charge in [0, 0.05) is 50.5 Å². The minimum Gasteiger partial charge on any atom is -0.466 e. The van der Waals surface area contributed by atoms with Gasteiger partial charge in [-0.2, -0.15) is 5.26 Å². The summed E-state index contributed by atoms with van der Waals surface area (Å²) in [6, 6.07) is 14.5. The Labute approximate surface area is 221 Å². The van der Waals surface area contributed by atoms with Gasteiger partial charge in [-0.05, 0) is 49.9 Å². The van der Waals surface area contributed by atoms with Crippen molar-refractivity contribution in [2.75, 3.05) is 49.1 Å². The summed E-state index contributed by atoms with van der Waals surface area (Å²) in [6.45, 7) is 4.78. The number of nitro groups is 1. The first-order valence-corrected chi connectivity index (χ1v) is 13.1. The highest BCUT2D eigenvalue weighted by Crippen LogP contribution is 2.40. The fraction of sp³-hybridized carbons (Fsp3) is 0.464. The second-order valence-electron chi connectivity index (χ2n) is 10.1. The summed E-state index contributed by atoms with van der Waals surface area (Å²) in [5.41, 5.74) is 3.15. The number of fused-ring (bicyclic) bond motifs is 3. The van der Waals surface area contributed by atoms with Gasteiger partial charge >= 0.3 is 5.97 Å². The Kier molecular flexibility index (Phi) is 7.18. The van der Waals surface area contributed by atoms with Crippen LogP contribution in [0.4, 0.5) is 17.1 Å². The van der Waals surface area contributed by atoms with E-state index in [0.717, 1.165) is 23.4 Å². The molecule has 3 aliphatic heterocycles. The smallest absolute Gasteiger partial charge is 0.310 e. The molecule has 0 aromatic heterocycles. The number of nitrogens with zero attached hydrogens (tertiary/aromatic N) is 5. The third-order valence-electron chi connectivity index (χ3n) is 7.94. The van der Waals surface area contributed by atoms with E-state index in [9.17, 15) is 25.0 Å². The molecule has 38 heavy (non-hydrogen) atoms. The first-order valence-electron chi connectivity index (χ1n) is 13.1. The van der Waals surface area contributed by atoms with E-state index in [-0.39, 0.29) is 29.5 Å². The standard InChI is InChI=1S/C28H31N5O5/c1-2-38-28(35)20-7-5-11-31(17-20)27(34)23-15-21-14-22(33(36)37)9-10-25(21)32-13-12-30(18-26(23)32)24-8-4-3-6-19(24)16-29/h3-4,6,8-10,14,20,23,26H,2,5,7,11-13,15,17-18H2,1H3/t20-,23+,26-/m1/s1. The summed E-state index contributed by atoms with van der Waals surface area (Å²) in [7, 11) is 0. The molecule has 3 aliphatic rings. The zero-order valence-electron chi connectivity index (χ0n) is 21.4. The molecule has 0 saturated carbocycles. The van der Waals surface area contributed by atoms with Crippen molar-refractivity contribution in [1.82, 2.24) is 4.90 Å². The maximum atomic E-state index is 14.1. The molecule has 2 fully saturated rings. The van der Waals surface area contributed by atoms with Crippen LogP contribution in [0.1, 0.15) is 30.9 Å². The second kappa shape index (κ2) is 10.7. The number of para-hydroxylation sites is 1. The summed E-state index contributed by atoms with van der Waals surface area (Å²) in [4.78, 5) is 43.7. The van der Waals surface area contributed by atoms with E-state index in [0.29, 0.717) is 57.7 Å². The lowest BCUT2D eigenvalue weighted by Crippen LogP contribution is -2.62. The monoisotopic (exact) mass is 517 g/mol. The molecule has 10 nitrogen and oxygen atoms in total. The van der Waals surface area contributed by atoms with Crippen molar-refractivity contribution in [1.29, 1.82) is 5.26 Å². The van der Waals surface area contributed by atoms with Crippen LogP contribution < -0.4 is 9.80 Å². The number of anilines is 2. The van der Waals surface area contributed by atoms with Crippen LogP contribution in [0.25, 0.3) is 0 Å². The number of carbonyl (C=O) groups excluding carboxylic acids is 2. The maximum Gasteiger partial charge on any atom is 0.310 e. The quantitative estimate of drug-likeness (QED) is 0.337. The summed E-state index contributed by atoms with van der Waals surface area (Å²) < 4.78 is 5.23. The van der Waals surface area contributed by atoms with E-state index in [2.05, 4.69) is 15.9 Å². The van der Waals surface area contributed by atoms with Crippen molar-refractivity contribution in [3.63, 3.8) is 0 Å². The van der Waals surface area contributed by atoms with Gasteiger partial charge in [0.2, 0.25) is 5.91 Å². The third-order valence-corrected chi connectivity index (χ3v) is 7.94. The number of likely N-dealkylation sites (tertiary alicyclic amines) is 1. The lowest BCUT2D eigenvalue weighted by atomic mass is 9.82. The molecule has 2 aromatic rings. The minimum atomic E-state index is -0.442. The Morgan fingerprint density at radius 2 is 1.95 bits per heavy atom. The Morgan fingerprint density at radius 3 is 2.71 bits per heavy atom. The number of nitriles is 1. The average molecular weight is 518 g/mol. The SMILES string of the molecule is CCOC(=O)[C@@H]1CCCN(C(=O)[C@H]2Cc3cc([N+](=O)[O-])ccc3N3CCN(c4ccccc4C#N)C[C@H]23)C1. The topological polar surface area (TPSA) is 120 Å². The van der Waals surface area contributed by atoms with Gasteiger partial charge in [-0.1, -0.05) is 12.1 Å². The van der Waals surface area contributed by atoms with Crippen LogP contribution >= 0.6 is 0 Å². The first-order chi connectivity index (χ1) is 18.4. The van der Waals surface area contributed by atoms with E-state index in [1.807, 2.05) is 18.2 Å². The lowest BCUT2D eigenvalue weighted by Gasteiger charge is -2.50. The van der Waals surface area contributed by atoms with E-state index in [1.54, 1.807) is 30.0 Å². The largest absolute Gasteiger partial charge is 0.466 e. The van der Waals surface area contributed by atoms with Crippen LogP contribution in [0.15, 0.2) is 42.5 Å². The number of ether oxygens (including phenoxy) is 1. The highest BCUT2D eigenvalue weighted by atomic mass is 16.6. The van der Waals surface area contributed by atoms with Crippen LogP contribution in [0, 0.1) is 33.3 Å².